The molecule has 0 aliphatic rings. The van der Waals surface area contributed by atoms with E-state index in [0.29, 0.717) is 19.8 Å². The highest BCUT2D eigenvalue weighted by Crippen LogP contribution is 2.00. The van der Waals surface area contributed by atoms with E-state index in [1.807, 2.05) is 30.3 Å². The number of carbonyl (C=O) groups is 1. The molecule has 1 aromatic carbocycles. The summed E-state index contributed by atoms with van der Waals surface area (Å²) in [6, 6.07) is 9.80. The minimum Gasteiger partial charge on any atom is -0.479 e. The highest BCUT2D eigenvalue weighted by molar-refractivity contribution is 5.72. The monoisotopic (exact) mass is 254 g/mol. The van der Waals surface area contributed by atoms with Crippen molar-refractivity contribution in [1.29, 1.82) is 0 Å². The first kappa shape index (κ1) is 14.6. The van der Waals surface area contributed by atoms with Crippen LogP contribution in [0.25, 0.3) is 0 Å². The summed E-state index contributed by atoms with van der Waals surface area (Å²) in [5.74, 6) is -1.03. The Bertz CT molecular complexity index is 338. The molecular weight excluding hydrogens is 236 g/mol. The van der Waals surface area contributed by atoms with Crippen LogP contribution in [0.1, 0.15) is 5.56 Å². The summed E-state index contributed by atoms with van der Waals surface area (Å²) >= 11 is 0. The van der Waals surface area contributed by atoms with Crippen LogP contribution in [-0.4, -0.2) is 44.1 Å². The molecule has 0 aromatic heterocycles. The molecule has 100 valence electrons. The fourth-order valence-corrected chi connectivity index (χ4v) is 1.31. The highest BCUT2D eigenvalue weighted by atomic mass is 16.6. The topological polar surface area (TPSA) is 65.0 Å². The van der Waals surface area contributed by atoms with Crippen molar-refractivity contribution in [3.8, 4) is 0 Å². The summed E-state index contributed by atoms with van der Waals surface area (Å²) in [5.41, 5.74) is 1.10. The Morgan fingerprint density at radius 2 is 1.89 bits per heavy atom. The van der Waals surface area contributed by atoms with Crippen molar-refractivity contribution in [2.75, 3.05) is 26.9 Å². The van der Waals surface area contributed by atoms with Crippen molar-refractivity contribution in [1.82, 2.24) is 0 Å². The zero-order valence-electron chi connectivity index (χ0n) is 10.4. The van der Waals surface area contributed by atoms with Gasteiger partial charge in [-0.05, 0) is 5.56 Å². The van der Waals surface area contributed by atoms with Gasteiger partial charge >= 0.3 is 5.97 Å². The van der Waals surface area contributed by atoms with E-state index < -0.39 is 12.1 Å². The Labute approximate surface area is 106 Å². The largest absolute Gasteiger partial charge is 0.479 e. The molecule has 0 fully saturated rings. The van der Waals surface area contributed by atoms with E-state index in [-0.39, 0.29) is 6.61 Å². The van der Waals surface area contributed by atoms with Gasteiger partial charge in [0.25, 0.3) is 0 Å². The normalized spacial score (nSPS) is 12.3. The second-order valence-corrected chi connectivity index (χ2v) is 3.68. The maximum atomic E-state index is 10.6. The van der Waals surface area contributed by atoms with Crippen LogP contribution in [0.5, 0.6) is 0 Å². The zero-order valence-corrected chi connectivity index (χ0v) is 10.4. The van der Waals surface area contributed by atoms with Crippen LogP contribution in [-0.2, 0) is 25.6 Å². The Hall–Kier alpha value is -1.43. The third kappa shape index (κ3) is 5.77. The average Bonchev–Trinajstić information content (AvgIpc) is 2.38. The van der Waals surface area contributed by atoms with Crippen molar-refractivity contribution >= 4 is 5.97 Å². The van der Waals surface area contributed by atoms with Crippen molar-refractivity contribution < 1.29 is 24.1 Å². The SMILES string of the molecule is COC(COCCOCc1ccccc1)C(=O)O. The number of hydrogen-bond acceptors (Lipinski definition) is 4. The van der Waals surface area contributed by atoms with Crippen LogP contribution in [0, 0.1) is 0 Å². The van der Waals surface area contributed by atoms with Crippen LogP contribution in [0.2, 0.25) is 0 Å². The maximum absolute atomic E-state index is 10.6. The summed E-state index contributed by atoms with van der Waals surface area (Å²) in [5, 5.41) is 8.69. The Morgan fingerprint density at radius 1 is 1.22 bits per heavy atom. The van der Waals surface area contributed by atoms with E-state index in [4.69, 9.17) is 19.3 Å². The number of hydrogen-bond donors (Lipinski definition) is 1. The molecule has 1 rings (SSSR count). The number of carboxylic acid groups (broad SMARTS) is 1. The predicted octanol–water partition coefficient (Wildman–Crippen LogP) is 1.32. The van der Waals surface area contributed by atoms with E-state index in [2.05, 4.69) is 0 Å². The minimum atomic E-state index is -1.03. The van der Waals surface area contributed by atoms with Crippen molar-refractivity contribution in [3.05, 3.63) is 35.9 Å². The van der Waals surface area contributed by atoms with E-state index in [1.165, 1.54) is 7.11 Å². The zero-order chi connectivity index (χ0) is 13.2. The number of aliphatic carboxylic acids is 1. The van der Waals surface area contributed by atoms with Crippen LogP contribution in [0.15, 0.2) is 30.3 Å². The Balaban J connectivity index is 2.04. The first-order chi connectivity index (χ1) is 8.74. The fourth-order valence-electron chi connectivity index (χ4n) is 1.31. The number of carboxylic acids is 1. The van der Waals surface area contributed by atoms with Gasteiger partial charge in [0.1, 0.15) is 0 Å². The lowest BCUT2D eigenvalue weighted by molar-refractivity contribution is -0.152. The molecule has 0 aliphatic heterocycles. The van der Waals surface area contributed by atoms with E-state index in [0.717, 1.165) is 5.56 Å². The third-order valence-corrected chi connectivity index (χ3v) is 2.31. The van der Waals surface area contributed by atoms with E-state index in [1.54, 1.807) is 0 Å². The lowest BCUT2D eigenvalue weighted by atomic mass is 10.2. The van der Waals surface area contributed by atoms with Gasteiger partial charge in [0.2, 0.25) is 0 Å². The van der Waals surface area contributed by atoms with Crippen molar-refractivity contribution in [3.63, 3.8) is 0 Å². The van der Waals surface area contributed by atoms with Crippen LogP contribution in [0.3, 0.4) is 0 Å². The van der Waals surface area contributed by atoms with Crippen molar-refractivity contribution in [2.45, 2.75) is 12.7 Å². The molecule has 1 aromatic rings. The van der Waals surface area contributed by atoms with E-state index >= 15 is 0 Å². The quantitative estimate of drug-likeness (QED) is 0.673. The van der Waals surface area contributed by atoms with Crippen LogP contribution >= 0.6 is 0 Å². The van der Waals surface area contributed by atoms with E-state index in [9.17, 15) is 4.79 Å². The Kier molecular flexibility index (Phi) is 7.01. The molecule has 0 heterocycles. The third-order valence-electron chi connectivity index (χ3n) is 2.31. The van der Waals surface area contributed by atoms with Gasteiger partial charge in [-0.15, -0.1) is 0 Å². The lowest BCUT2D eigenvalue weighted by Gasteiger charge is -2.11. The highest BCUT2D eigenvalue weighted by Gasteiger charge is 2.15. The molecule has 0 amide bonds. The molecule has 1 unspecified atom stereocenters. The molecule has 5 heteroatoms. The van der Waals surface area contributed by atoms with Gasteiger partial charge in [-0.25, -0.2) is 4.79 Å². The van der Waals surface area contributed by atoms with Gasteiger partial charge in [-0.1, -0.05) is 30.3 Å². The Morgan fingerprint density at radius 3 is 2.50 bits per heavy atom. The molecule has 0 radical (unpaired) electrons. The molecule has 0 spiro atoms. The predicted molar refractivity (Wildman–Crippen MR) is 65.3 cm³/mol. The first-order valence-electron chi connectivity index (χ1n) is 5.69. The smallest absolute Gasteiger partial charge is 0.335 e. The molecule has 0 saturated heterocycles. The molecular formula is C13H18O5. The number of benzene rings is 1. The molecule has 0 aliphatic carbocycles. The minimum absolute atomic E-state index is 0.0283. The second-order valence-electron chi connectivity index (χ2n) is 3.68. The number of ether oxygens (including phenoxy) is 3. The molecule has 1 N–H and O–H groups in total. The molecule has 1 atom stereocenters. The van der Waals surface area contributed by atoms with Crippen LogP contribution in [0.4, 0.5) is 0 Å². The maximum Gasteiger partial charge on any atom is 0.335 e. The summed E-state index contributed by atoms with van der Waals surface area (Å²) in [4.78, 5) is 10.6. The molecule has 18 heavy (non-hydrogen) atoms. The fraction of sp³-hybridized carbons (Fsp3) is 0.462. The van der Waals surface area contributed by atoms with Crippen molar-refractivity contribution in [2.24, 2.45) is 0 Å². The van der Waals surface area contributed by atoms with Gasteiger partial charge in [0, 0.05) is 7.11 Å². The second kappa shape index (κ2) is 8.63. The number of rotatable bonds is 9. The first-order valence-corrected chi connectivity index (χ1v) is 5.69. The summed E-state index contributed by atoms with van der Waals surface area (Å²) in [6.45, 7) is 1.32. The average molecular weight is 254 g/mol. The molecule has 0 bridgehead atoms. The van der Waals surface area contributed by atoms with Gasteiger partial charge < -0.3 is 19.3 Å². The van der Waals surface area contributed by atoms with Gasteiger partial charge in [0.05, 0.1) is 26.4 Å². The summed E-state index contributed by atoms with van der Waals surface area (Å²) < 4.78 is 15.3. The van der Waals surface area contributed by atoms with Gasteiger partial charge in [-0.3, -0.25) is 0 Å². The summed E-state index contributed by atoms with van der Waals surface area (Å²) in [6.07, 6.45) is -0.917. The molecule has 0 saturated carbocycles. The molecule has 5 nitrogen and oxygen atoms in total. The van der Waals surface area contributed by atoms with Gasteiger partial charge in [0.15, 0.2) is 6.10 Å². The number of methoxy groups -OCH3 is 1. The summed E-state index contributed by atoms with van der Waals surface area (Å²) in [7, 11) is 1.34. The van der Waals surface area contributed by atoms with Gasteiger partial charge in [-0.2, -0.15) is 0 Å². The van der Waals surface area contributed by atoms with Crippen LogP contribution < -0.4 is 0 Å². The lowest BCUT2D eigenvalue weighted by Crippen LogP contribution is -2.28. The standard InChI is InChI=1S/C13H18O5/c1-16-12(13(14)15)10-18-8-7-17-9-11-5-3-2-4-6-11/h2-6,12H,7-10H2,1H3,(H,14,15).